The number of benzene rings is 3. The number of nitrogens with one attached hydrogen (secondary N) is 1. The van der Waals surface area contributed by atoms with Crippen LogP contribution in [0.3, 0.4) is 0 Å². The van der Waals surface area contributed by atoms with Gasteiger partial charge in [0.1, 0.15) is 65.2 Å². The normalized spacial score (nSPS) is 28.0. The topological polar surface area (TPSA) is 302 Å². The second kappa shape index (κ2) is 34.1. The number of aliphatic hydroxyl groups excluding tert-OH is 3. The second-order valence-corrected chi connectivity index (χ2v) is 29.2. The van der Waals surface area contributed by atoms with Gasteiger partial charge in [-0.3, -0.25) is 19.4 Å². The minimum atomic E-state index is -1.55. The van der Waals surface area contributed by atoms with Crippen LogP contribution in [0.15, 0.2) is 91.1 Å². The highest BCUT2D eigenvalue weighted by atomic mass is 16.8. The summed E-state index contributed by atoms with van der Waals surface area (Å²) in [4.78, 5) is 92.3. The fraction of sp³-hybridized carbons (Fsp3) is 0.526. The van der Waals surface area contributed by atoms with Crippen molar-refractivity contribution < 1.29 is 96.6 Å². The van der Waals surface area contributed by atoms with Gasteiger partial charge in [-0.15, -0.1) is 0 Å². The molecule has 101 heavy (non-hydrogen) atoms. The number of amides is 2. The number of hydrogen-bond acceptors (Lipinski definition) is 21. The molecular weight excluding hydrogens is 1300 g/mol. The lowest BCUT2D eigenvalue weighted by Crippen LogP contribution is -2.34. The summed E-state index contributed by atoms with van der Waals surface area (Å²) in [6.45, 7) is 32.5. The highest BCUT2D eigenvalue weighted by molar-refractivity contribution is 6.00. The summed E-state index contributed by atoms with van der Waals surface area (Å²) in [6, 6.07) is 10.1. The summed E-state index contributed by atoms with van der Waals surface area (Å²) in [5.74, 6) is -5.05. The van der Waals surface area contributed by atoms with E-state index in [1.165, 1.54) is 46.2 Å². The molecule has 5 aliphatic rings. The molecule has 2 amide bonds. The summed E-state index contributed by atoms with van der Waals surface area (Å²) in [6.07, 6.45) is 12.3. The average Bonchev–Trinajstić information content (AvgIpc) is 1.80. The number of fused-ring (bicyclic) bond motifs is 5. The monoisotopic (exact) mass is 1400 g/mol. The summed E-state index contributed by atoms with van der Waals surface area (Å²) in [5, 5.41) is 44.0. The van der Waals surface area contributed by atoms with E-state index in [0.717, 1.165) is 0 Å². The smallest absolute Gasteiger partial charge is 0.414 e. The fourth-order valence-corrected chi connectivity index (χ4v) is 11.3. The summed E-state index contributed by atoms with van der Waals surface area (Å²) in [5.41, 5.74) is 4.23. The molecular formula is C78H105N3O20. The molecule has 8 rings (SSSR count). The molecule has 3 aromatic rings. The number of carbonyl (C=O) groups is 7. The van der Waals surface area contributed by atoms with Crippen molar-refractivity contribution in [2.24, 2.45) is 17.8 Å². The first kappa shape index (κ1) is 81.7. The maximum Gasteiger partial charge on any atom is 0.414 e. The molecule has 0 spiro atoms. The zero-order valence-corrected chi connectivity index (χ0v) is 62.2. The molecule has 23 nitrogen and oxygen atoms in total. The van der Waals surface area contributed by atoms with Crippen molar-refractivity contribution in [2.45, 2.75) is 228 Å². The lowest BCUT2D eigenvalue weighted by molar-refractivity contribution is -0.152. The van der Waals surface area contributed by atoms with Crippen LogP contribution in [0.5, 0.6) is 5.75 Å². The third-order valence-corrected chi connectivity index (χ3v) is 17.4. The average molecular weight is 1400 g/mol. The molecule has 5 aliphatic heterocycles. The third kappa shape index (κ3) is 22.6. The van der Waals surface area contributed by atoms with Crippen LogP contribution in [0.1, 0.15) is 189 Å². The molecule has 0 aromatic heterocycles. The number of aryl methyl sites for hydroxylation is 2. The third-order valence-electron chi connectivity index (χ3n) is 17.4. The van der Waals surface area contributed by atoms with Gasteiger partial charge in [-0.05, 0) is 193 Å². The molecule has 5 N–H and O–H groups in total. The van der Waals surface area contributed by atoms with Gasteiger partial charge in [-0.2, -0.15) is 0 Å². The van der Waals surface area contributed by atoms with Gasteiger partial charge in [0.05, 0.1) is 29.4 Å². The number of anilines is 3. The molecule has 0 bridgehead atoms. The first-order valence-corrected chi connectivity index (χ1v) is 34.2. The van der Waals surface area contributed by atoms with Crippen LogP contribution in [0.25, 0.3) is 18.2 Å². The lowest BCUT2D eigenvalue weighted by Gasteiger charge is -2.26. The van der Waals surface area contributed by atoms with Crippen LogP contribution in [0.4, 0.5) is 26.7 Å². The number of nitrogens with zero attached hydrogens (tertiary/aromatic N) is 2. The van der Waals surface area contributed by atoms with Crippen molar-refractivity contribution in [3.63, 3.8) is 0 Å². The number of cyclic esters (lactones) is 3. The van der Waals surface area contributed by atoms with E-state index in [-0.39, 0.29) is 47.4 Å². The number of hydrogen-bond donors (Lipinski definition) is 5. The number of ketones is 2. The Hall–Kier alpha value is -8.29. The van der Waals surface area contributed by atoms with Crippen molar-refractivity contribution in [1.29, 1.82) is 0 Å². The number of phenols is 1. The molecule has 3 aromatic carbocycles. The highest BCUT2D eigenvalue weighted by Gasteiger charge is 2.45. The zero-order chi connectivity index (χ0) is 75.6. The van der Waals surface area contributed by atoms with Crippen LogP contribution >= 0.6 is 0 Å². The predicted molar refractivity (Wildman–Crippen MR) is 385 cm³/mol. The quantitative estimate of drug-likeness (QED) is 0.0924. The molecule has 0 saturated carbocycles. The van der Waals surface area contributed by atoms with Gasteiger partial charge in [-0.25, -0.2) is 24.0 Å². The summed E-state index contributed by atoms with van der Waals surface area (Å²) < 4.78 is 52.1. The Bertz CT molecular complexity index is 3700. The number of ether oxygens (including phenoxy) is 9. The molecule has 2 saturated heterocycles. The van der Waals surface area contributed by atoms with Crippen molar-refractivity contribution >= 4 is 77.0 Å². The molecule has 2 fully saturated rings. The van der Waals surface area contributed by atoms with Gasteiger partial charge < -0.3 is 68.4 Å². The van der Waals surface area contributed by atoms with E-state index in [1.807, 2.05) is 93.5 Å². The minimum Gasteiger partial charge on any atom is -0.507 e. The number of phenolic OH excluding ortho intramolecular Hbond substituents is 1. The number of aromatic hydroxyl groups is 1. The number of carbonyl (C=O) groups excluding carboxylic acids is 7. The number of esters is 3. The molecule has 23 heteroatoms. The largest absolute Gasteiger partial charge is 0.507 e. The molecule has 13 atom stereocenters. The fourth-order valence-electron chi connectivity index (χ4n) is 11.3. The zero-order valence-electron chi connectivity index (χ0n) is 62.2. The minimum absolute atomic E-state index is 0.00820. The lowest BCUT2D eigenvalue weighted by atomic mass is 9.97. The van der Waals surface area contributed by atoms with E-state index in [2.05, 4.69) is 5.32 Å². The van der Waals surface area contributed by atoms with Crippen LogP contribution in [-0.4, -0.2) is 167 Å². The predicted octanol–water partition coefficient (Wildman–Crippen LogP) is 12.9. The number of rotatable bonds is 3. The van der Waals surface area contributed by atoms with E-state index < -0.39 is 114 Å². The maximum absolute atomic E-state index is 13.3. The van der Waals surface area contributed by atoms with Gasteiger partial charge in [-0.1, -0.05) is 81.5 Å². The van der Waals surface area contributed by atoms with E-state index in [4.69, 9.17) is 42.6 Å². The van der Waals surface area contributed by atoms with Gasteiger partial charge in [0.25, 0.3) is 0 Å². The second-order valence-electron chi connectivity index (χ2n) is 29.2. The SMILES string of the molecule is CNc1cc(O)c2c(c1)C=CC[C@H](O)[C@@H](O)C(=O)/C=C\[C@@H](C)[C@H](C)OC2=O.Cc1cc(N(C)C(=O)OC(C)(C)C)cc2c1C(=O)O[C@@H](C)[C@H](C)/C=C\C(=O)[C@@H]1OC(C)(C)O[C@H]1CC=C2.Cc1cc(N(C)C(=O)OC(C)(C)C)cc2c1C(=O)O[C@@H](C)[C@H](C)/C=C\[C@@H](O)[C@@H]1OC(C)(C)O[C@H]1CC=C2. The van der Waals surface area contributed by atoms with Gasteiger partial charge in [0.15, 0.2) is 23.1 Å². The van der Waals surface area contributed by atoms with Crippen molar-refractivity contribution in [1.82, 2.24) is 0 Å². The van der Waals surface area contributed by atoms with E-state index >= 15 is 0 Å². The van der Waals surface area contributed by atoms with Gasteiger partial charge in [0.2, 0.25) is 0 Å². The van der Waals surface area contributed by atoms with Crippen LogP contribution < -0.4 is 15.1 Å². The first-order chi connectivity index (χ1) is 46.9. The Morgan fingerprint density at radius 1 is 0.525 bits per heavy atom. The maximum atomic E-state index is 13.3. The summed E-state index contributed by atoms with van der Waals surface area (Å²) >= 11 is 0. The molecule has 552 valence electrons. The molecule has 0 aliphatic carbocycles. The van der Waals surface area contributed by atoms with Crippen molar-refractivity contribution in [3.8, 4) is 5.75 Å². The Balaban J connectivity index is 0.000000242. The first-order valence-electron chi connectivity index (χ1n) is 34.2. The molecule has 5 heterocycles. The van der Waals surface area contributed by atoms with Crippen LogP contribution in [0, 0.1) is 31.6 Å². The molecule has 0 radical (unpaired) electrons. The van der Waals surface area contributed by atoms with Crippen molar-refractivity contribution in [3.05, 3.63) is 136 Å². The Labute approximate surface area is 594 Å². The highest BCUT2D eigenvalue weighted by Crippen LogP contribution is 2.37. The Kier molecular flexibility index (Phi) is 27.6. The summed E-state index contributed by atoms with van der Waals surface area (Å²) in [7, 11) is 4.93. The number of aliphatic hydroxyl groups is 3. The van der Waals surface area contributed by atoms with E-state index in [9.17, 15) is 54.0 Å². The Morgan fingerprint density at radius 2 is 0.931 bits per heavy atom. The molecule has 0 unspecified atom stereocenters. The van der Waals surface area contributed by atoms with Gasteiger partial charge >= 0.3 is 30.1 Å². The van der Waals surface area contributed by atoms with Gasteiger partial charge in [0, 0.05) is 62.0 Å². The Morgan fingerprint density at radius 3 is 1.40 bits per heavy atom. The van der Waals surface area contributed by atoms with Crippen LogP contribution in [0.2, 0.25) is 0 Å². The van der Waals surface area contributed by atoms with Crippen LogP contribution in [-0.2, 0) is 52.2 Å². The van der Waals surface area contributed by atoms with E-state index in [0.29, 0.717) is 68.8 Å². The van der Waals surface area contributed by atoms with Crippen molar-refractivity contribution in [2.75, 3.05) is 36.3 Å². The van der Waals surface area contributed by atoms with E-state index in [1.54, 1.807) is 125 Å². The standard InChI is InChI=1S/C29H41NO7.C29H39NO7.C20H25NO6/c2*1-17-13-14-22(31)25-23(35-29(7,8)36-25)12-10-11-20-16-21(30(9)27(33)37-28(4,5)6)15-18(2)24(20)26(32)34-19(17)3;1-11-7-8-16(23)19(25)15(22)6-4-5-13-9-14(21-3)10-17(24)18(13)20(26)27-12(11)2/h10-11,13-17,19,22-23,25,31H,12H2,1-9H3;10-11,13-17,19,23,25H,12H2,1-9H3;4-5,7-12,15,19,21-22,24-25H,6H2,1-3H3/b2*11-10?,14-13-;5-4?,8-7-/t17-,19+,22-,23+,25+;17-,19+,23+,25+;11-,12+,15+,19-/m111/s1.